The fourth-order valence-electron chi connectivity index (χ4n) is 2.13. The van der Waals surface area contributed by atoms with Gasteiger partial charge in [0.15, 0.2) is 0 Å². The number of rotatable bonds is 2. The largest absolute Gasteiger partial charge is 0.497 e. The number of aryl methyl sites for hydroxylation is 1. The van der Waals surface area contributed by atoms with Crippen LogP contribution in [0.5, 0.6) is 5.75 Å². The Morgan fingerprint density at radius 2 is 2.21 bits per heavy atom. The smallest absolute Gasteiger partial charge is 0.299 e. The van der Waals surface area contributed by atoms with Crippen LogP contribution >= 0.6 is 0 Å². The Morgan fingerprint density at radius 3 is 3.00 bits per heavy atom. The summed E-state index contributed by atoms with van der Waals surface area (Å²) in [7, 11) is 3.51. The lowest BCUT2D eigenvalue weighted by atomic mass is 10.1. The van der Waals surface area contributed by atoms with Crippen molar-refractivity contribution < 1.29 is 9.30 Å². The van der Waals surface area contributed by atoms with E-state index < -0.39 is 0 Å². The number of aromatic nitrogens is 3. The number of hydrogen-bond acceptors (Lipinski definition) is 2. The van der Waals surface area contributed by atoms with E-state index in [0.717, 1.165) is 17.0 Å². The van der Waals surface area contributed by atoms with Crippen LogP contribution in [0.2, 0.25) is 0 Å². The molecule has 5 nitrogen and oxygen atoms in total. The first-order valence-corrected chi connectivity index (χ1v) is 5.92. The van der Waals surface area contributed by atoms with Gasteiger partial charge in [-0.1, -0.05) is 12.1 Å². The highest BCUT2D eigenvalue weighted by molar-refractivity contribution is 5.61. The van der Waals surface area contributed by atoms with Gasteiger partial charge >= 0.3 is 0 Å². The van der Waals surface area contributed by atoms with Crippen molar-refractivity contribution in [1.29, 1.82) is 0 Å². The van der Waals surface area contributed by atoms with Gasteiger partial charge < -0.3 is 9.72 Å². The molecule has 0 saturated heterocycles. The van der Waals surface area contributed by atoms with Crippen LogP contribution in [0.3, 0.4) is 0 Å². The van der Waals surface area contributed by atoms with Crippen molar-refractivity contribution in [3.8, 4) is 17.0 Å². The van der Waals surface area contributed by atoms with Crippen molar-refractivity contribution in [2.45, 2.75) is 0 Å². The average molecular weight is 256 g/mol. The van der Waals surface area contributed by atoms with Crippen LogP contribution < -0.4 is 14.9 Å². The highest BCUT2D eigenvalue weighted by Crippen LogP contribution is 2.21. The van der Waals surface area contributed by atoms with Gasteiger partial charge in [0.1, 0.15) is 18.1 Å². The van der Waals surface area contributed by atoms with E-state index in [1.54, 1.807) is 13.3 Å². The van der Waals surface area contributed by atoms with Crippen molar-refractivity contribution in [2.24, 2.45) is 7.05 Å². The first kappa shape index (κ1) is 11.5. The van der Waals surface area contributed by atoms with Crippen LogP contribution in [0, 0.1) is 0 Å². The first-order valence-electron chi connectivity index (χ1n) is 5.92. The number of H-pyrrole nitrogens is 1. The molecule has 3 rings (SSSR count). The number of aromatic amines is 1. The molecule has 1 aromatic carbocycles. The third kappa shape index (κ3) is 1.99. The Kier molecular flexibility index (Phi) is 2.59. The Hall–Kier alpha value is -2.56. The zero-order chi connectivity index (χ0) is 13.4. The van der Waals surface area contributed by atoms with Gasteiger partial charge in [-0.2, -0.15) is 4.40 Å². The summed E-state index contributed by atoms with van der Waals surface area (Å²) in [5, 5.41) is 0. The Balaban J connectivity index is 2.21. The molecule has 0 aliphatic rings. The topological polar surface area (TPSA) is 50.4 Å². The number of imidazole rings is 1. The summed E-state index contributed by atoms with van der Waals surface area (Å²) in [4.78, 5) is 14.9. The highest BCUT2D eigenvalue weighted by Gasteiger charge is 2.11. The predicted molar refractivity (Wildman–Crippen MR) is 71.2 cm³/mol. The normalized spacial score (nSPS) is 10.8. The number of fused-ring (bicyclic) bond motifs is 1. The number of nitrogens with zero attached hydrogens (tertiary/aromatic N) is 2. The molecule has 0 unspecified atom stereocenters. The summed E-state index contributed by atoms with van der Waals surface area (Å²) in [6, 6.07) is 7.59. The van der Waals surface area contributed by atoms with Crippen molar-refractivity contribution in [3.05, 3.63) is 53.3 Å². The maximum absolute atomic E-state index is 12.0. The number of hydrogen-bond donors (Lipinski definition) is 1. The molecular weight excluding hydrogens is 242 g/mol. The van der Waals surface area contributed by atoms with E-state index in [1.807, 2.05) is 52.8 Å². The van der Waals surface area contributed by atoms with Crippen LogP contribution in [-0.2, 0) is 7.05 Å². The lowest BCUT2D eigenvalue weighted by molar-refractivity contribution is -0.670. The van der Waals surface area contributed by atoms with E-state index in [1.165, 1.54) is 0 Å². The molecule has 0 bridgehead atoms. The van der Waals surface area contributed by atoms with Gasteiger partial charge in [-0.3, -0.25) is 4.79 Å². The summed E-state index contributed by atoms with van der Waals surface area (Å²) < 4.78 is 8.86. The van der Waals surface area contributed by atoms with Gasteiger partial charge in [0.05, 0.1) is 19.9 Å². The predicted octanol–water partition coefficient (Wildman–Crippen LogP) is 1.13. The SMILES string of the molecule is COc1cccc(-c2cn3c[n+](C)cc3c(=O)[nH]2)c1. The summed E-state index contributed by atoms with van der Waals surface area (Å²) in [5.41, 5.74) is 2.18. The Labute approximate surface area is 109 Å². The van der Waals surface area contributed by atoms with E-state index in [-0.39, 0.29) is 5.56 Å². The summed E-state index contributed by atoms with van der Waals surface area (Å²) >= 11 is 0. The minimum Gasteiger partial charge on any atom is -0.497 e. The van der Waals surface area contributed by atoms with Crippen LogP contribution in [0.4, 0.5) is 0 Å². The molecule has 0 atom stereocenters. The highest BCUT2D eigenvalue weighted by atomic mass is 16.5. The van der Waals surface area contributed by atoms with Gasteiger partial charge in [-0.15, -0.1) is 0 Å². The standard InChI is InChI=1S/C14H13N3O2/c1-16-8-13-14(18)15-12(7-17(13)9-16)10-4-3-5-11(6-10)19-2/h3-9H,1-2H3/p+1. The quantitative estimate of drug-likeness (QED) is 0.699. The molecule has 0 radical (unpaired) electrons. The second kappa shape index (κ2) is 4.28. The van der Waals surface area contributed by atoms with Gasteiger partial charge in [-0.05, 0) is 12.1 Å². The Bertz CT molecular complexity index is 802. The van der Waals surface area contributed by atoms with Crippen LogP contribution in [0.1, 0.15) is 0 Å². The van der Waals surface area contributed by atoms with Gasteiger partial charge in [0.2, 0.25) is 11.8 Å². The maximum Gasteiger partial charge on any atom is 0.299 e. The van der Waals surface area contributed by atoms with Crippen LogP contribution in [0.25, 0.3) is 16.8 Å². The molecule has 0 aliphatic carbocycles. The number of methoxy groups -OCH3 is 1. The van der Waals surface area contributed by atoms with Crippen LogP contribution in [0.15, 0.2) is 47.8 Å². The molecule has 0 saturated carbocycles. The molecule has 19 heavy (non-hydrogen) atoms. The molecular formula is C14H14N3O2+. The molecule has 3 aromatic rings. The number of ether oxygens (including phenoxy) is 1. The lowest BCUT2D eigenvalue weighted by Gasteiger charge is -2.03. The molecule has 96 valence electrons. The van der Waals surface area contributed by atoms with E-state index in [9.17, 15) is 4.79 Å². The number of nitrogens with one attached hydrogen (secondary N) is 1. The van der Waals surface area contributed by atoms with E-state index in [4.69, 9.17) is 4.74 Å². The fourth-order valence-corrected chi connectivity index (χ4v) is 2.13. The molecule has 0 spiro atoms. The summed E-state index contributed by atoms with van der Waals surface area (Å²) in [6.07, 6.45) is 5.54. The zero-order valence-corrected chi connectivity index (χ0v) is 10.8. The third-order valence-electron chi connectivity index (χ3n) is 3.04. The van der Waals surface area contributed by atoms with Crippen molar-refractivity contribution >= 4 is 5.52 Å². The van der Waals surface area contributed by atoms with E-state index in [0.29, 0.717) is 5.52 Å². The number of benzene rings is 1. The third-order valence-corrected chi connectivity index (χ3v) is 3.04. The molecule has 0 amide bonds. The fraction of sp³-hybridized carbons (Fsp3) is 0.143. The lowest BCUT2D eigenvalue weighted by Crippen LogP contribution is -2.23. The van der Waals surface area contributed by atoms with Gasteiger partial charge in [0, 0.05) is 5.56 Å². The van der Waals surface area contributed by atoms with E-state index in [2.05, 4.69) is 4.98 Å². The molecule has 0 aliphatic heterocycles. The molecule has 1 N–H and O–H groups in total. The van der Waals surface area contributed by atoms with Gasteiger partial charge in [-0.25, -0.2) is 4.57 Å². The molecule has 0 fully saturated rings. The molecule has 2 aromatic heterocycles. The summed E-state index contributed by atoms with van der Waals surface area (Å²) in [6.45, 7) is 0. The van der Waals surface area contributed by atoms with Crippen molar-refractivity contribution in [2.75, 3.05) is 7.11 Å². The monoisotopic (exact) mass is 256 g/mol. The zero-order valence-electron chi connectivity index (χ0n) is 10.8. The first-order chi connectivity index (χ1) is 9.17. The van der Waals surface area contributed by atoms with E-state index >= 15 is 0 Å². The van der Waals surface area contributed by atoms with Gasteiger partial charge in [0.25, 0.3) is 5.56 Å². The minimum atomic E-state index is -0.110. The minimum absolute atomic E-state index is 0.110. The average Bonchev–Trinajstić information content (AvgIpc) is 2.80. The second-order valence-electron chi connectivity index (χ2n) is 4.43. The Morgan fingerprint density at radius 1 is 1.37 bits per heavy atom. The van der Waals surface area contributed by atoms with Crippen molar-refractivity contribution in [1.82, 2.24) is 9.38 Å². The maximum atomic E-state index is 12.0. The molecule has 5 heteroatoms. The molecule has 2 heterocycles. The van der Waals surface area contributed by atoms with Crippen LogP contribution in [-0.4, -0.2) is 16.5 Å². The van der Waals surface area contributed by atoms with Crippen molar-refractivity contribution in [3.63, 3.8) is 0 Å². The second-order valence-corrected chi connectivity index (χ2v) is 4.43. The summed E-state index contributed by atoms with van der Waals surface area (Å²) in [5.74, 6) is 0.761.